The molecule has 2 aromatic carbocycles. The fraction of sp³-hybridized carbons (Fsp3) is 0.190. The topological polar surface area (TPSA) is 71.8 Å². The van der Waals surface area contributed by atoms with Crippen LogP contribution in [0.15, 0.2) is 54.6 Å². The number of hydrogen-bond acceptors (Lipinski definition) is 4. The monoisotopic (exact) mass is 427 g/mol. The number of anilines is 2. The van der Waals surface area contributed by atoms with Gasteiger partial charge in [0.25, 0.3) is 5.95 Å². The summed E-state index contributed by atoms with van der Waals surface area (Å²) >= 11 is 12.5. The van der Waals surface area contributed by atoms with Gasteiger partial charge in [0, 0.05) is 22.2 Å². The summed E-state index contributed by atoms with van der Waals surface area (Å²) in [4.78, 5) is 16.5. The van der Waals surface area contributed by atoms with E-state index in [4.69, 9.17) is 23.2 Å². The van der Waals surface area contributed by atoms with Crippen LogP contribution in [-0.2, 0) is 4.79 Å². The number of rotatable bonds is 5. The highest BCUT2D eigenvalue weighted by molar-refractivity contribution is 6.31. The van der Waals surface area contributed by atoms with Crippen LogP contribution in [0.3, 0.4) is 0 Å². The maximum Gasteiger partial charge on any atom is 0.250 e. The predicted octanol–water partition coefficient (Wildman–Crippen LogP) is 5.38. The van der Waals surface area contributed by atoms with Gasteiger partial charge in [-0.05, 0) is 41.8 Å². The zero-order chi connectivity index (χ0) is 20.4. The molecule has 3 aromatic rings. The minimum Gasteiger partial charge on any atom is -0.324 e. The van der Waals surface area contributed by atoms with Gasteiger partial charge in [-0.1, -0.05) is 60.5 Å². The molecule has 1 aromatic heterocycles. The molecule has 0 aliphatic carbocycles. The van der Waals surface area contributed by atoms with Crippen LogP contribution in [0.5, 0.6) is 0 Å². The van der Waals surface area contributed by atoms with Gasteiger partial charge in [-0.2, -0.15) is 4.98 Å². The summed E-state index contributed by atoms with van der Waals surface area (Å²) in [5.41, 5.74) is 2.70. The molecule has 0 saturated heterocycles. The fourth-order valence-corrected chi connectivity index (χ4v) is 3.57. The molecule has 1 aliphatic heterocycles. The van der Waals surface area contributed by atoms with Crippen molar-refractivity contribution >= 4 is 46.7 Å². The van der Waals surface area contributed by atoms with Crippen LogP contribution in [0.25, 0.3) is 5.70 Å². The highest BCUT2D eigenvalue weighted by Gasteiger charge is 2.27. The van der Waals surface area contributed by atoms with E-state index < -0.39 is 0 Å². The van der Waals surface area contributed by atoms with Gasteiger partial charge in [-0.15, -0.1) is 5.10 Å². The van der Waals surface area contributed by atoms with Crippen molar-refractivity contribution in [1.29, 1.82) is 0 Å². The maximum absolute atomic E-state index is 12.0. The Balaban J connectivity index is 1.76. The summed E-state index contributed by atoms with van der Waals surface area (Å²) < 4.78 is 1.72. The lowest BCUT2D eigenvalue weighted by atomic mass is 10.0. The van der Waals surface area contributed by atoms with E-state index in [1.54, 1.807) is 4.68 Å². The van der Waals surface area contributed by atoms with Gasteiger partial charge in [-0.3, -0.25) is 10.1 Å². The van der Waals surface area contributed by atoms with Crippen molar-refractivity contribution in [3.05, 3.63) is 75.8 Å². The van der Waals surface area contributed by atoms with E-state index >= 15 is 0 Å². The SMILES string of the molecule is CCCC(=O)Nc1nc2n(n1)C(c1ccccc1Cl)C=C(c1ccc(Cl)cc1)N2. The second-order valence-electron chi connectivity index (χ2n) is 6.68. The lowest BCUT2D eigenvalue weighted by Gasteiger charge is -2.24. The van der Waals surface area contributed by atoms with Crippen molar-refractivity contribution in [3.63, 3.8) is 0 Å². The van der Waals surface area contributed by atoms with Crippen LogP contribution in [-0.4, -0.2) is 20.7 Å². The molecule has 0 saturated carbocycles. The van der Waals surface area contributed by atoms with Crippen molar-refractivity contribution in [1.82, 2.24) is 14.8 Å². The summed E-state index contributed by atoms with van der Waals surface area (Å²) in [6.07, 6.45) is 3.20. The molecule has 2 heterocycles. The van der Waals surface area contributed by atoms with Crippen LogP contribution in [0.2, 0.25) is 10.0 Å². The maximum atomic E-state index is 12.0. The van der Waals surface area contributed by atoms with Gasteiger partial charge in [0.2, 0.25) is 11.9 Å². The van der Waals surface area contributed by atoms with Crippen LogP contribution in [0, 0.1) is 0 Å². The van der Waals surface area contributed by atoms with Crippen LogP contribution >= 0.6 is 23.2 Å². The van der Waals surface area contributed by atoms with E-state index in [-0.39, 0.29) is 17.9 Å². The summed E-state index contributed by atoms with van der Waals surface area (Å²) in [6.45, 7) is 1.95. The normalized spacial score (nSPS) is 15.3. The first-order chi connectivity index (χ1) is 14.0. The van der Waals surface area contributed by atoms with Gasteiger partial charge in [0.05, 0.1) is 0 Å². The molecule has 1 aliphatic rings. The summed E-state index contributed by atoms with van der Waals surface area (Å²) in [6, 6.07) is 14.9. The highest BCUT2D eigenvalue weighted by atomic mass is 35.5. The van der Waals surface area contributed by atoms with Crippen molar-refractivity contribution in [2.45, 2.75) is 25.8 Å². The van der Waals surface area contributed by atoms with Crippen molar-refractivity contribution < 1.29 is 4.79 Å². The standard InChI is InChI=1S/C21H19Cl2N5O/c1-2-5-19(29)25-20-26-21-24-17(13-8-10-14(22)11-9-13)12-18(28(21)27-20)15-6-3-4-7-16(15)23/h3-4,6-12,18H,2,5H2,1H3,(H2,24,25,26,27,29). The summed E-state index contributed by atoms with van der Waals surface area (Å²) in [5.74, 6) is 0.665. The van der Waals surface area contributed by atoms with E-state index in [0.717, 1.165) is 23.2 Å². The molecule has 0 radical (unpaired) electrons. The van der Waals surface area contributed by atoms with Gasteiger partial charge in [-0.25, -0.2) is 4.68 Å². The lowest BCUT2D eigenvalue weighted by Crippen LogP contribution is -2.20. The highest BCUT2D eigenvalue weighted by Crippen LogP contribution is 2.36. The Morgan fingerprint density at radius 1 is 1.17 bits per heavy atom. The van der Waals surface area contributed by atoms with Crippen LogP contribution in [0.1, 0.15) is 36.9 Å². The molecule has 29 heavy (non-hydrogen) atoms. The lowest BCUT2D eigenvalue weighted by molar-refractivity contribution is -0.116. The largest absolute Gasteiger partial charge is 0.324 e. The molecule has 1 unspecified atom stereocenters. The predicted molar refractivity (Wildman–Crippen MR) is 116 cm³/mol. The molecule has 148 valence electrons. The number of nitrogens with one attached hydrogen (secondary N) is 2. The third kappa shape index (κ3) is 4.13. The molecule has 0 bridgehead atoms. The third-order valence-corrected chi connectivity index (χ3v) is 5.17. The number of halogens is 2. The van der Waals surface area contributed by atoms with Gasteiger partial charge in [0.1, 0.15) is 6.04 Å². The Hall–Kier alpha value is -2.83. The molecule has 4 rings (SSSR count). The van der Waals surface area contributed by atoms with Gasteiger partial charge >= 0.3 is 0 Å². The average molecular weight is 428 g/mol. The van der Waals surface area contributed by atoms with Gasteiger partial charge in [0.15, 0.2) is 0 Å². The Labute approximate surface area is 178 Å². The van der Waals surface area contributed by atoms with E-state index in [0.29, 0.717) is 22.4 Å². The number of amides is 1. The summed E-state index contributed by atoms with van der Waals surface area (Å²) in [7, 11) is 0. The molecule has 0 spiro atoms. The quantitative estimate of drug-likeness (QED) is 0.573. The first kappa shape index (κ1) is 19.5. The van der Waals surface area contributed by atoms with Crippen molar-refractivity contribution in [3.8, 4) is 0 Å². The molecule has 8 heteroatoms. The number of aromatic nitrogens is 3. The second-order valence-corrected chi connectivity index (χ2v) is 7.52. The molecule has 2 N–H and O–H groups in total. The molecule has 1 atom stereocenters. The van der Waals surface area contributed by atoms with E-state index in [2.05, 4.69) is 20.7 Å². The molecule has 1 amide bonds. The Kier molecular flexibility index (Phi) is 5.56. The van der Waals surface area contributed by atoms with Gasteiger partial charge < -0.3 is 5.32 Å². The fourth-order valence-electron chi connectivity index (χ4n) is 3.19. The Bertz CT molecular complexity index is 1070. The van der Waals surface area contributed by atoms with Crippen LogP contribution in [0.4, 0.5) is 11.9 Å². The first-order valence-electron chi connectivity index (χ1n) is 9.30. The minimum absolute atomic E-state index is 0.115. The Morgan fingerprint density at radius 3 is 2.66 bits per heavy atom. The number of allylic oxidation sites excluding steroid dienone is 1. The summed E-state index contributed by atoms with van der Waals surface area (Å²) in [5, 5.41) is 11.8. The smallest absolute Gasteiger partial charge is 0.250 e. The molecular formula is C21H19Cl2N5O. The first-order valence-corrected chi connectivity index (χ1v) is 10.1. The third-order valence-electron chi connectivity index (χ3n) is 4.57. The van der Waals surface area contributed by atoms with Crippen LogP contribution < -0.4 is 10.6 Å². The zero-order valence-electron chi connectivity index (χ0n) is 15.7. The number of carbonyl (C=O) groups is 1. The number of nitrogens with zero attached hydrogens (tertiary/aromatic N) is 3. The minimum atomic E-state index is -0.282. The molecular weight excluding hydrogens is 409 g/mol. The molecule has 6 nitrogen and oxygen atoms in total. The number of carbonyl (C=O) groups excluding carboxylic acids is 1. The average Bonchev–Trinajstić information content (AvgIpc) is 3.10. The Morgan fingerprint density at radius 2 is 1.93 bits per heavy atom. The van der Waals surface area contributed by atoms with Crippen molar-refractivity contribution in [2.75, 3.05) is 10.6 Å². The number of benzene rings is 2. The van der Waals surface area contributed by atoms with E-state index in [1.165, 1.54) is 0 Å². The number of fused-ring (bicyclic) bond motifs is 1. The second kappa shape index (κ2) is 8.27. The van der Waals surface area contributed by atoms with Crippen molar-refractivity contribution in [2.24, 2.45) is 0 Å². The van der Waals surface area contributed by atoms with E-state index in [1.807, 2.05) is 61.5 Å². The zero-order valence-corrected chi connectivity index (χ0v) is 17.2. The molecule has 0 fully saturated rings. The van der Waals surface area contributed by atoms with E-state index in [9.17, 15) is 4.79 Å². The number of hydrogen-bond donors (Lipinski definition) is 2.